The lowest BCUT2D eigenvalue weighted by Gasteiger charge is -2.30. The second kappa shape index (κ2) is 12.0. The first kappa shape index (κ1) is 31.1. The van der Waals surface area contributed by atoms with Gasteiger partial charge in [0.2, 0.25) is 0 Å². The molecule has 0 heterocycles. The lowest BCUT2D eigenvalue weighted by molar-refractivity contribution is 0.419. The average Bonchev–Trinajstić information content (AvgIpc) is 3.87. The summed E-state index contributed by atoms with van der Waals surface area (Å²) in [6.45, 7) is 4.83. The molecule has 6 aromatic rings. The fraction of sp³-hybridized carbons (Fsp3) is 0.320. The zero-order valence-electron chi connectivity index (χ0n) is 30.3. The van der Waals surface area contributed by atoms with Gasteiger partial charge in [-0.25, -0.2) is 0 Å². The number of anilines is 3. The van der Waals surface area contributed by atoms with Crippen LogP contribution in [0.5, 0.6) is 0 Å². The largest absolute Gasteiger partial charge is 0.310 e. The SMILES string of the molecule is CC1(C)c2cc(N(c3ccc(C4CCCCC4)cc3)c3ccc(C45CCC(CC4)C5)cc3)ccc2-c2c(-c3ccc4ccccc4c3)cccc21. The summed E-state index contributed by atoms with van der Waals surface area (Å²) in [6, 6.07) is 49.2. The number of benzene rings is 6. The van der Waals surface area contributed by atoms with Crippen molar-refractivity contribution in [2.75, 3.05) is 4.90 Å². The van der Waals surface area contributed by atoms with Crippen LogP contribution in [-0.2, 0) is 10.8 Å². The van der Waals surface area contributed by atoms with Crippen LogP contribution in [0.25, 0.3) is 33.0 Å². The van der Waals surface area contributed by atoms with Gasteiger partial charge in [-0.2, -0.15) is 0 Å². The predicted octanol–water partition coefficient (Wildman–Crippen LogP) is 14.2. The molecule has 0 atom stereocenters. The first-order valence-electron chi connectivity index (χ1n) is 19.8. The highest BCUT2D eigenvalue weighted by Crippen LogP contribution is 2.56. The summed E-state index contributed by atoms with van der Waals surface area (Å²) in [5, 5.41) is 2.58. The Morgan fingerprint density at radius 3 is 1.98 bits per heavy atom. The smallest absolute Gasteiger partial charge is 0.0465 e. The number of hydrogen-bond donors (Lipinski definition) is 0. The van der Waals surface area contributed by atoms with Gasteiger partial charge in [0.05, 0.1) is 0 Å². The van der Waals surface area contributed by atoms with Crippen LogP contribution in [0.3, 0.4) is 0 Å². The van der Waals surface area contributed by atoms with Crippen molar-refractivity contribution in [2.45, 2.75) is 94.8 Å². The second-order valence-corrected chi connectivity index (χ2v) is 16.9. The average molecular weight is 664 g/mol. The van der Waals surface area contributed by atoms with Gasteiger partial charge in [0.15, 0.2) is 0 Å². The molecule has 254 valence electrons. The van der Waals surface area contributed by atoms with Gasteiger partial charge in [0.1, 0.15) is 0 Å². The van der Waals surface area contributed by atoms with Gasteiger partial charge in [-0.05, 0) is 160 Å². The summed E-state index contributed by atoms with van der Waals surface area (Å²) in [7, 11) is 0. The number of fused-ring (bicyclic) bond motifs is 6. The van der Waals surface area contributed by atoms with Gasteiger partial charge in [0.25, 0.3) is 0 Å². The van der Waals surface area contributed by atoms with Crippen LogP contribution in [0.1, 0.15) is 106 Å². The van der Waals surface area contributed by atoms with E-state index in [0.29, 0.717) is 11.3 Å². The van der Waals surface area contributed by atoms with Gasteiger partial charge < -0.3 is 4.90 Å². The van der Waals surface area contributed by atoms with E-state index in [1.54, 1.807) is 5.56 Å². The van der Waals surface area contributed by atoms with Crippen molar-refractivity contribution in [3.05, 3.63) is 150 Å². The molecule has 4 aliphatic carbocycles. The highest BCUT2D eigenvalue weighted by Gasteiger charge is 2.45. The molecule has 0 N–H and O–H groups in total. The zero-order chi connectivity index (χ0) is 34.2. The van der Waals surface area contributed by atoms with Gasteiger partial charge in [-0.1, -0.05) is 118 Å². The normalized spacial score (nSPS) is 21.9. The molecule has 0 spiro atoms. The van der Waals surface area contributed by atoms with Crippen LogP contribution in [0.15, 0.2) is 127 Å². The minimum atomic E-state index is -0.117. The highest BCUT2D eigenvalue weighted by atomic mass is 15.1. The predicted molar refractivity (Wildman–Crippen MR) is 216 cm³/mol. The lowest BCUT2D eigenvalue weighted by Crippen LogP contribution is -2.20. The Kier molecular flexibility index (Phi) is 7.31. The van der Waals surface area contributed by atoms with Gasteiger partial charge >= 0.3 is 0 Å². The van der Waals surface area contributed by atoms with Gasteiger partial charge in [0, 0.05) is 22.5 Å². The van der Waals surface area contributed by atoms with E-state index in [1.807, 2.05) is 0 Å². The summed E-state index contributed by atoms with van der Waals surface area (Å²) in [4.78, 5) is 2.52. The fourth-order valence-electron chi connectivity index (χ4n) is 10.9. The van der Waals surface area contributed by atoms with E-state index in [2.05, 4.69) is 146 Å². The molecule has 2 bridgehead atoms. The van der Waals surface area contributed by atoms with E-state index in [4.69, 9.17) is 0 Å². The van der Waals surface area contributed by atoms with E-state index in [9.17, 15) is 0 Å². The van der Waals surface area contributed by atoms with Crippen LogP contribution in [0.2, 0.25) is 0 Å². The Morgan fingerprint density at radius 1 is 0.549 bits per heavy atom. The third-order valence-corrected chi connectivity index (χ3v) is 13.7. The van der Waals surface area contributed by atoms with E-state index in [-0.39, 0.29) is 5.41 Å². The summed E-state index contributed by atoms with van der Waals surface area (Å²) in [5.74, 6) is 1.65. The molecule has 0 unspecified atom stereocenters. The minimum Gasteiger partial charge on any atom is -0.310 e. The number of rotatable bonds is 6. The number of nitrogens with zero attached hydrogens (tertiary/aromatic N) is 1. The Labute approximate surface area is 304 Å². The maximum atomic E-state index is 2.52. The molecule has 3 saturated carbocycles. The van der Waals surface area contributed by atoms with E-state index < -0.39 is 0 Å². The van der Waals surface area contributed by atoms with Crippen molar-refractivity contribution >= 4 is 27.8 Å². The molecule has 0 amide bonds. The summed E-state index contributed by atoms with van der Waals surface area (Å²) in [5.41, 5.74) is 15.3. The van der Waals surface area contributed by atoms with Crippen molar-refractivity contribution in [2.24, 2.45) is 5.92 Å². The molecule has 0 aromatic heterocycles. The molecule has 1 heteroatoms. The molecule has 0 saturated heterocycles. The molecule has 51 heavy (non-hydrogen) atoms. The van der Waals surface area contributed by atoms with E-state index in [0.717, 1.165) is 5.92 Å². The number of hydrogen-bond acceptors (Lipinski definition) is 1. The van der Waals surface area contributed by atoms with Gasteiger partial charge in [-0.3, -0.25) is 0 Å². The first-order valence-corrected chi connectivity index (χ1v) is 19.8. The van der Waals surface area contributed by atoms with Crippen LogP contribution in [0, 0.1) is 5.92 Å². The van der Waals surface area contributed by atoms with Crippen molar-refractivity contribution in [1.82, 2.24) is 0 Å². The maximum Gasteiger partial charge on any atom is 0.0465 e. The zero-order valence-corrected chi connectivity index (χ0v) is 30.3. The van der Waals surface area contributed by atoms with E-state index in [1.165, 1.54) is 131 Å². The molecule has 10 rings (SSSR count). The molecule has 0 radical (unpaired) electrons. The Balaban J connectivity index is 1.07. The molecule has 4 aliphatic rings. The van der Waals surface area contributed by atoms with E-state index >= 15 is 0 Å². The third kappa shape index (κ3) is 5.10. The molecular weight excluding hydrogens is 615 g/mol. The highest BCUT2D eigenvalue weighted by molar-refractivity contribution is 5.96. The fourth-order valence-corrected chi connectivity index (χ4v) is 10.9. The summed E-state index contributed by atoms with van der Waals surface area (Å²) >= 11 is 0. The van der Waals surface area contributed by atoms with Crippen molar-refractivity contribution < 1.29 is 0 Å². The molecule has 6 aromatic carbocycles. The quantitative estimate of drug-likeness (QED) is 0.171. The van der Waals surface area contributed by atoms with Crippen molar-refractivity contribution in [1.29, 1.82) is 0 Å². The van der Waals surface area contributed by atoms with Crippen molar-refractivity contribution in [3.63, 3.8) is 0 Å². The summed E-state index contributed by atoms with van der Waals surface area (Å²) < 4.78 is 0. The standard InChI is InChI=1S/C50H49N/c1-49(2)46-14-8-13-44(39-16-15-36-11-6-7-12-38(36)31-39)48(46)45-26-25-43(32-47(45)49)51(41-21-17-37(18-22-41)35-9-4-3-5-10-35)42-23-19-40(20-24-42)50-29-27-34(33-50)28-30-50/h6-8,11-26,31-32,34-35H,3-5,9-10,27-30,33H2,1-2H3. The monoisotopic (exact) mass is 663 g/mol. The Hall–Kier alpha value is -4.62. The second-order valence-electron chi connectivity index (χ2n) is 16.9. The van der Waals surface area contributed by atoms with Crippen LogP contribution in [-0.4, -0.2) is 0 Å². The minimum absolute atomic E-state index is 0.117. The Morgan fingerprint density at radius 2 is 1.25 bits per heavy atom. The van der Waals surface area contributed by atoms with Crippen molar-refractivity contribution in [3.8, 4) is 22.3 Å². The molecule has 1 nitrogen and oxygen atoms in total. The van der Waals surface area contributed by atoms with Crippen LogP contribution < -0.4 is 4.90 Å². The molecule has 3 fully saturated rings. The lowest BCUT2D eigenvalue weighted by atomic mass is 9.78. The summed E-state index contributed by atoms with van der Waals surface area (Å²) in [6.07, 6.45) is 13.7. The topological polar surface area (TPSA) is 3.24 Å². The van der Waals surface area contributed by atoms with Crippen LogP contribution in [0.4, 0.5) is 17.1 Å². The first-order chi connectivity index (χ1) is 25.0. The van der Waals surface area contributed by atoms with Gasteiger partial charge in [-0.15, -0.1) is 0 Å². The Bertz CT molecular complexity index is 2240. The van der Waals surface area contributed by atoms with Crippen LogP contribution >= 0.6 is 0 Å². The molecular formula is C50H49N. The maximum absolute atomic E-state index is 2.52. The third-order valence-electron chi connectivity index (χ3n) is 13.7. The molecule has 0 aliphatic heterocycles.